The molecule has 1 unspecified atom stereocenters. The summed E-state index contributed by atoms with van der Waals surface area (Å²) < 4.78 is 0. The van der Waals surface area contributed by atoms with E-state index in [1.165, 1.54) is 0 Å². The van der Waals surface area contributed by atoms with Crippen molar-refractivity contribution in [3.8, 4) is 0 Å². The minimum absolute atomic E-state index is 0.170. The number of carbonyl (C=O) groups excluding carboxylic acids is 1. The lowest BCUT2D eigenvalue weighted by atomic mass is 9.96. The van der Waals surface area contributed by atoms with E-state index in [1.54, 1.807) is 7.05 Å². The monoisotopic (exact) mass is 352 g/mol. The van der Waals surface area contributed by atoms with E-state index in [1.807, 2.05) is 4.90 Å². The van der Waals surface area contributed by atoms with Crippen LogP contribution in [0.2, 0.25) is 0 Å². The molecule has 25 heavy (non-hydrogen) atoms. The predicted molar refractivity (Wildman–Crippen MR) is 103 cm³/mol. The summed E-state index contributed by atoms with van der Waals surface area (Å²) in [7, 11) is 6.14. The summed E-state index contributed by atoms with van der Waals surface area (Å²) in [6.07, 6.45) is 0. The number of aliphatic imine (C=N–C) groups is 1. The minimum atomic E-state index is -0.205. The summed E-state index contributed by atoms with van der Waals surface area (Å²) in [5.41, 5.74) is -0.205. The molecule has 2 saturated heterocycles. The maximum Gasteiger partial charge on any atom is 0.242 e. The molecule has 0 spiro atoms. The fourth-order valence-electron chi connectivity index (χ4n) is 4.18. The van der Waals surface area contributed by atoms with Crippen LogP contribution in [0.25, 0.3) is 0 Å². The molecule has 0 aromatic heterocycles. The van der Waals surface area contributed by atoms with Gasteiger partial charge < -0.3 is 20.0 Å². The number of nitrogens with one attached hydrogen (secondary N) is 1. The van der Waals surface area contributed by atoms with Crippen molar-refractivity contribution < 1.29 is 4.79 Å². The van der Waals surface area contributed by atoms with Crippen LogP contribution in [0.5, 0.6) is 0 Å². The number of hydrogen-bond acceptors (Lipinski definition) is 4. The molecule has 0 aliphatic carbocycles. The van der Waals surface area contributed by atoms with Gasteiger partial charge in [-0.3, -0.25) is 14.7 Å². The molecule has 7 heteroatoms. The third kappa shape index (κ3) is 4.64. The molecule has 1 amide bonds. The van der Waals surface area contributed by atoms with Crippen molar-refractivity contribution in [1.29, 1.82) is 0 Å². The summed E-state index contributed by atoms with van der Waals surface area (Å²) >= 11 is 0. The summed E-state index contributed by atoms with van der Waals surface area (Å²) in [5.74, 6) is 0.996. The maximum atomic E-state index is 12.7. The van der Waals surface area contributed by atoms with E-state index in [2.05, 4.69) is 66.8 Å². The summed E-state index contributed by atoms with van der Waals surface area (Å²) in [6.45, 7) is 13.7. The van der Waals surface area contributed by atoms with Gasteiger partial charge in [0.2, 0.25) is 5.91 Å². The maximum absolute atomic E-state index is 12.7. The first kappa shape index (κ1) is 20.0. The van der Waals surface area contributed by atoms with E-state index in [4.69, 9.17) is 0 Å². The van der Waals surface area contributed by atoms with Gasteiger partial charge in [0, 0.05) is 51.9 Å². The second kappa shape index (κ2) is 7.91. The first-order valence-corrected chi connectivity index (χ1v) is 9.32. The molecular formula is C18H36N6O. The molecular weight excluding hydrogens is 316 g/mol. The Balaban J connectivity index is 2.00. The fourth-order valence-corrected chi connectivity index (χ4v) is 4.18. The molecule has 2 aliphatic rings. The molecule has 1 atom stereocenters. The van der Waals surface area contributed by atoms with Gasteiger partial charge in [0.1, 0.15) is 0 Å². The normalized spacial score (nSPS) is 26.5. The molecule has 2 fully saturated rings. The molecule has 2 rings (SSSR count). The van der Waals surface area contributed by atoms with Gasteiger partial charge in [-0.2, -0.15) is 0 Å². The third-order valence-corrected chi connectivity index (χ3v) is 5.33. The topological polar surface area (TPSA) is 54.4 Å². The molecule has 2 heterocycles. The van der Waals surface area contributed by atoms with Crippen LogP contribution in [-0.4, -0.2) is 110 Å². The summed E-state index contributed by atoms with van der Waals surface area (Å²) in [4.78, 5) is 26.0. The quantitative estimate of drug-likeness (QED) is 0.578. The lowest BCUT2D eigenvalue weighted by Crippen LogP contribution is -2.66. The fraction of sp³-hybridized carbons (Fsp3) is 0.889. The average molecular weight is 353 g/mol. The van der Waals surface area contributed by atoms with Crippen LogP contribution in [0.1, 0.15) is 27.7 Å². The Hall–Kier alpha value is -1.34. The number of amides is 1. The Kier molecular flexibility index (Phi) is 6.32. The van der Waals surface area contributed by atoms with Crippen molar-refractivity contribution in [2.24, 2.45) is 4.99 Å². The number of likely N-dealkylation sites (N-methyl/N-ethyl adjacent to an activating group) is 2. The highest BCUT2D eigenvalue weighted by molar-refractivity contribution is 5.88. The van der Waals surface area contributed by atoms with E-state index in [0.29, 0.717) is 12.6 Å². The highest BCUT2D eigenvalue weighted by atomic mass is 16.2. The zero-order valence-corrected chi connectivity index (χ0v) is 17.0. The second-order valence-electron chi connectivity index (χ2n) is 8.35. The van der Waals surface area contributed by atoms with E-state index in [9.17, 15) is 4.79 Å². The standard InChI is InChI=1S/C18H36N6O/c1-14(2)24-16(25)12-23(13-18(24,3)4)17(19-5)20-10-15-11-21(6)8-9-22(15)7/h14-15H,8-13H2,1-7H3,(H,19,20). The average Bonchev–Trinajstić information content (AvgIpc) is 2.49. The van der Waals surface area contributed by atoms with E-state index >= 15 is 0 Å². The SMILES string of the molecule is CN=C(NCC1CN(C)CCN1C)N1CC(=O)N(C(C)C)C(C)(C)C1. The van der Waals surface area contributed by atoms with Crippen LogP contribution < -0.4 is 5.32 Å². The van der Waals surface area contributed by atoms with E-state index < -0.39 is 0 Å². The zero-order valence-electron chi connectivity index (χ0n) is 17.0. The largest absolute Gasteiger partial charge is 0.355 e. The Bertz CT molecular complexity index is 504. The number of piperazine rings is 2. The zero-order chi connectivity index (χ0) is 18.8. The number of rotatable bonds is 3. The molecule has 1 N–H and O–H groups in total. The van der Waals surface area contributed by atoms with Crippen LogP contribution in [0.3, 0.4) is 0 Å². The van der Waals surface area contributed by atoms with Crippen LogP contribution in [0, 0.1) is 0 Å². The van der Waals surface area contributed by atoms with Gasteiger partial charge in [0.25, 0.3) is 0 Å². The van der Waals surface area contributed by atoms with Crippen molar-refractivity contribution in [3.05, 3.63) is 0 Å². The summed E-state index contributed by atoms with van der Waals surface area (Å²) in [6, 6.07) is 0.669. The van der Waals surface area contributed by atoms with Gasteiger partial charge in [0.15, 0.2) is 5.96 Å². The first-order chi connectivity index (χ1) is 11.7. The summed E-state index contributed by atoms with van der Waals surface area (Å²) in [5, 5.41) is 3.50. The molecule has 2 aliphatic heterocycles. The highest BCUT2D eigenvalue weighted by Gasteiger charge is 2.40. The Morgan fingerprint density at radius 3 is 2.56 bits per heavy atom. The van der Waals surface area contributed by atoms with Crippen LogP contribution in [0.15, 0.2) is 4.99 Å². The van der Waals surface area contributed by atoms with E-state index in [0.717, 1.165) is 38.7 Å². The van der Waals surface area contributed by atoms with Gasteiger partial charge in [-0.05, 0) is 41.8 Å². The molecule has 0 aromatic carbocycles. The molecule has 0 saturated carbocycles. The number of guanidine groups is 1. The smallest absolute Gasteiger partial charge is 0.242 e. The van der Waals surface area contributed by atoms with Crippen molar-refractivity contribution in [1.82, 2.24) is 24.9 Å². The molecule has 0 radical (unpaired) electrons. The minimum Gasteiger partial charge on any atom is -0.355 e. The van der Waals surface area contributed by atoms with Gasteiger partial charge in [-0.15, -0.1) is 0 Å². The van der Waals surface area contributed by atoms with Gasteiger partial charge in [0.05, 0.1) is 12.1 Å². The van der Waals surface area contributed by atoms with Gasteiger partial charge in [-0.25, -0.2) is 0 Å². The van der Waals surface area contributed by atoms with Crippen molar-refractivity contribution >= 4 is 11.9 Å². The van der Waals surface area contributed by atoms with Gasteiger partial charge >= 0.3 is 0 Å². The van der Waals surface area contributed by atoms with Crippen molar-refractivity contribution in [3.63, 3.8) is 0 Å². The number of nitrogens with zero attached hydrogens (tertiary/aromatic N) is 5. The molecule has 0 bridgehead atoms. The van der Waals surface area contributed by atoms with Crippen LogP contribution >= 0.6 is 0 Å². The Morgan fingerprint density at radius 2 is 2.00 bits per heavy atom. The Labute approximate surface area is 153 Å². The van der Waals surface area contributed by atoms with Crippen LogP contribution in [-0.2, 0) is 4.79 Å². The Morgan fingerprint density at radius 1 is 1.32 bits per heavy atom. The number of hydrogen-bond donors (Lipinski definition) is 1. The van der Waals surface area contributed by atoms with Crippen LogP contribution in [0.4, 0.5) is 0 Å². The van der Waals surface area contributed by atoms with E-state index in [-0.39, 0.29) is 17.5 Å². The second-order valence-corrected chi connectivity index (χ2v) is 8.35. The predicted octanol–water partition coefficient (Wildman–Crippen LogP) is 0.139. The molecule has 144 valence electrons. The molecule has 7 nitrogen and oxygen atoms in total. The van der Waals surface area contributed by atoms with Crippen molar-refractivity contribution in [2.75, 3.05) is 60.4 Å². The van der Waals surface area contributed by atoms with Crippen molar-refractivity contribution in [2.45, 2.75) is 45.3 Å². The highest BCUT2D eigenvalue weighted by Crippen LogP contribution is 2.24. The lowest BCUT2D eigenvalue weighted by molar-refractivity contribution is -0.145. The third-order valence-electron chi connectivity index (χ3n) is 5.33. The lowest BCUT2D eigenvalue weighted by Gasteiger charge is -2.49. The number of carbonyl (C=O) groups is 1. The van der Waals surface area contributed by atoms with Gasteiger partial charge in [-0.1, -0.05) is 0 Å². The molecule has 0 aromatic rings. The first-order valence-electron chi connectivity index (χ1n) is 9.32.